The molecular weight excluding hydrogens is 383 g/mol. The van der Waals surface area contributed by atoms with Crippen LogP contribution in [-0.4, -0.2) is 38.6 Å². The van der Waals surface area contributed by atoms with Crippen LogP contribution in [0, 0.1) is 0 Å². The molecule has 0 bridgehead atoms. The van der Waals surface area contributed by atoms with Gasteiger partial charge in [-0.1, -0.05) is 42.1 Å². The Hall–Kier alpha value is -1.63. The third-order valence-corrected chi connectivity index (χ3v) is 4.59. The molecule has 0 aromatic heterocycles. The molecule has 3 N–H and O–H groups in total. The number of carboxylic acids is 2. The highest BCUT2D eigenvalue weighted by Crippen LogP contribution is 2.23. The molecule has 1 aromatic rings. The number of hydrogen-bond acceptors (Lipinski definition) is 4. The molecule has 0 aliphatic carbocycles. The van der Waals surface area contributed by atoms with Gasteiger partial charge in [-0.05, 0) is 37.0 Å². The summed E-state index contributed by atoms with van der Waals surface area (Å²) in [6.07, 6.45) is 2.26. The zero-order valence-corrected chi connectivity index (χ0v) is 15.7. The van der Waals surface area contributed by atoms with Crippen LogP contribution in [-0.2, 0) is 20.8 Å². The van der Waals surface area contributed by atoms with Gasteiger partial charge in [0.15, 0.2) is 5.60 Å². The Bertz CT molecular complexity index is 661. The number of hydrogen-bond donors (Lipinski definition) is 3. The van der Waals surface area contributed by atoms with Gasteiger partial charge in [0.05, 0.1) is 6.42 Å². The van der Waals surface area contributed by atoms with Crippen LogP contribution in [0.3, 0.4) is 0 Å². The van der Waals surface area contributed by atoms with Gasteiger partial charge in [-0.2, -0.15) is 0 Å². The number of rotatable bonds is 12. The third-order valence-electron chi connectivity index (χ3n) is 4.00. The molecule has 6 nitrogen and oxygen atoms in total. The molecule has 0 fully saturated rings. The number of carbonyl (C=O) groups excluding carboxylic acids is 1. The van der Waals surface area contributed by atoms with Crippen molar-refractivity contribution in [2.24, 2.45) is 0 Å². The second-order valence-electron chi connectivity index (χ2n) is 6.27. The molecule has 0 unspecified atom stereocenters. The lowest BCUT2D eigenvalue weighted by atomic mass is 9.91. The SMILES string of the molecule is O=C(O)C[C@](O)(CC(=O)CCCCCCc1ccc(Cl)cc1Cl)C(=O)O. The number of Topliss-reactive ketones (excluding diaryl/α,β-unsaturated/α-hetero) is 1. The normalized spacial score (nSPS) is 13.2. The molecule has 0 aliphatic heterocycles. The summed E-state index contributed by atoms with van der Waals surface area (Å²) in [5.41, 5.74) is -1.54. The van der Waals surface area contributed by atoms with Crippen molar-refractivity contribution < 1.29 is 29.7 Å². The van der Waals surface area contributed by atoms with Gasteiger partial charge in [-0.25, -0.2) is 4.79 Å². The lowest BCUT2D eigenvalue weighted by Crippen LogP contribution is -2.42. The van der Waals surface area contributed by atoms with E-state index in [2.05, 4.69) is 0 Å². The zero-order valence-electron chi connectivity index (χ0n) is 14.2. The van der Waals surface area contributed by atoms with Gasteiger partial charge in [-0.15, -0.1) is 0 Å². The van der Waals surface area contributed by atoms with Crippen LogP contribution < -0.4 is 0 Å². The average molecular weight is 405 g/mol. The van der Waals surface area contributed by atoms with Crippen molar-refractivity contribution in [3.63, 3.8) is 0 Å². The number of aliphatic carboxylic acids is 2. The molecular formula is C18H22Cl2O6. The largest absolute Gasteiger partial charge is 0.481 e. The Labute approximate surface area is 161 Å². The van der Waals surface area contributed by atoms with E-state index >= 15 is 0 Å². The summed E-state index contributed by atoms with van der Waals surface area (Å²) in [6, 6.07) is 5.35. The Kier molecular flexibility index (Phi) is 9.05. The Morgan fingerprint density at radius 1 is 0.962 bits per heavy atom. The fourth-order valence-electron chi connectivity index (χ4n) is 2.59. The standard InChI is InChI=1S/C18H22Cl2O6/c19-13-8-7-12(15(20)9-13)5-3-1-2-4-6-14(21)10-18(26,17(24)25)11-16(22)23/h7-9,26H,1-6,10-11H2,(H,22,23)(H,24,25)/t18-/m1/s1. The maximum Gasteiger partial charge on any atom is 0.336 e. The molecule has 0 saturated carbocycles. The predicted octanol–water partition coefficient (Wildman–Crippen LogP) is 3.74. The molecule has 0 amide bonds. The first-order chi connectivity index (χ1) is 12.1. The van der Waals surface area contributed by atoms with Crippen molar-refractivity contribution >= 4 is 40.9 Å². The number of carboxylic acid groups (broad SMARTS) is 2. The Morgan fingerprint density at radius 3 is 2.19 bits per heavy atom. The van der Waals surface area contributed by atoms with Crippen LogP contribution in [0.5, 0.6) is 0 Å². The zero-order chi connectivity index (χ0) is 19.7. The molecule has 0 heterocycles. The van der Waals surface area contributed by atoms with Crippen molar-refractivity contribution in [2.75, 3.05) is 0 Å². The summed E-state index contributed by atoms with van der Waals surface area (Å²) in [5, 5.41) is 28.6. The number of aryl methyl sites for hydroxylation is 1. The quantitative estimate of drug-likeness (QED) is 0.457. The number of halogens is 2. The highest BCUT2D eigenvalue weighted by molar-refractivity contribution is 6.35. The summed E-state index contributed by atoms with van der Waals surface area (Å²) >= 11 is 11.9. The Morgan fingerprint density at radius 2 is 1.62 bits per heavy atom. The number of ketones is 1. The Balaban J connectivity index is 2.29. The smallest absolute Gasteiger partial charge is 0.336 e. The maximum atomic E-state index is 11.8. The molecule has 8 heteroatoms. The molecule has 0 spiro atoms. The van der Waals surface area contributed by atoms with Crippen molar-refractivity contribution in [1.29, 1.82) is 0 Å². The number of benzene rings is 1. The summed E-state index contributed by atoms with van der Waals surface area (Å²) in [5.74, 6) is -3.63. The summed E-state index contributed by atoms with van der Waals surface area (Å²) in [7, 11) is 0. The minimum Gasteiger partial charge on any atom is -0.481 e. The number of aliphatic hydroxyl groups is 1. The van der Waals surface area contributed by atoms with Crippen LogP contribution in [0.2, 0.25) is 10.0 Å². The summed E-state index contributed by atoms with van der Waals surface area (Å²) in [6.45, 7) is 0. The van der Waals surface area contributed by atoms with Crippen LogP contribution >= 0.6 is 23.2 Å². The van der Waals surface area contributed by atoms with Gasteiger partial charge in [0.25, 0.3) is 0 Å². The molecule has 0 aliphatic rings. The monoisotopic (exact) mass is 404 g/mol. The van der Waals surface area contributed by atoms with E-state index in [1.807, 2.05) is 6.07 Å². The first kappa shape index (κ1) is 22.4. The molecule has 0 radical (unpaired) electrons. The van der Waals surface area contributed by atoms with Crippen LogP contribution in [0.15, 0.2) is 18.2 Å². The van der Waals surface area contributed by atoms with E-state index < -0.39 is 36.2 Å². The van der Waals surface area contributed by atoms with E-state index in [1.54, 1.807) is 12.1 Å². The number of unbranched alkanes of at least 4 members (excludes halogenated alkanes) is 3. The van der Waals surface area contributed by atoms with Crippen molar-refractivity contribution in [3.8, 4) is 0 Å². The first-order valence-electron chi connectivity index (χ1n) is 8.27. The van der Waals surface area contributed by atoms with Gasteiger partial charge < -0.3 is 15.3 Å². The van der Waals surface area contributed by atoms with E-state index in [0.717, 1.165) is 31.2 Å². The molecule has 0 saturated heterocycles. The fourth-order valence-corrected chi connectivity index (χ4v) is 3.10. The third kappa shape index (κ3) is 7.72. The highest BCUT2D eigenvalue weighted by atomic mass is 35.5. The van der Waals surface area contributed by atoms with Crippen molar-refractivity contribution in [3.05, 3.63) is 33.8 Å². The van der Waals surface area contributed by atoms with E-state index in [0.29, 0.717) is 16.5 Å². The first-order valence-corrected chi connectivity index (χ1v) is 9.03. The molecule has 144 valence electrons. The summed E-state index contributed by atoms with van der Waals surface area (Å²) in [4.78, 5) is 33.5. The minimum absolute atomic E-state index is 0.108. The van der Waals surface area contributed by atoms with Gasteiger partial charge in [0, 0.05) is 22.9 Å². The summed E-state index contributed by atoms with van der Waals surface area (Å²) < 4.78 is 0. The van der Waals surface area contributed by atoms with Crippen LogP contribution in [0.25, 0.3) is 0 Å². The molecule has 26 heavy (non-hydrogen) atoms. The van der Waals surface area contributed by atoms with Gasteiger partial charge in [0.1, 0.15) is 5.78 Å². The van der Waals surface area contributed by atoms with E-state index in [-0.39, 0.29) is 6.42 Å². The second-order valence-corrected chi connectivity index (χ2v) is 7.12. The van der Waals surface area contributed by atoms with Gasteiger partial charge in [-0.3, -0.25) is 9.59 Å². The topological polar surface area (TPSA) is 112 Å². The van der Waals surface area contributed by atoms with Gasteiger partial charge >= 0.3 is 11.9 Å². The van der Waals surface area contributed by atoms with Crippen LogP contribution in [0.4, 0.5) is 0 Å². The predicted molar refractivity (Wildman–Crippen MR) is 97.7 cm³/mol. The van der Waals surface area contributed by atoms with Crippen LogP contribution in [0.1, 0.15) is 50.5 Å². The maximum absolute atomic E-state index is 11.8. The van der Waals surface area contributed by atoms with E-state index in [1.165, 1.54) is 0 Å². The molecule has 1 rings (SSSR count). The number of carbonyl (C=O) groups is 3. The van der Waals surface area contributed by atoms with Crippen molar-refractivity contribution in [2.45, 2.75) is 57.0 Å². The second kappa shape index (κ2) is 10.5. The highest BCUT2D eigenvalue weighted by Gasteiger charge is 2.40. The lowest BCUT2D eigenvalue weighted by molar-refractivity contribution is -0.167. The molecule has 1 atom stereocenters. The van der Waals surface area contributed by atoms with Gasteiger partial charge in [0.2, 0.25) is 0 Å². The van der Waals surface area contributed by atoms with Crippen molar-refractivity contribution in [1.82, 2.24) is 0 Å². The fraction of sp³-hybridized carbons (Fsp3) is 0.500. The lowest BCUT2D eigenvalue weighted by Gasteiger charge is -2.20. The van der Waals surface area contributed by atoms with E-state index in [9.17, 15) is 19.5 Å². The average Bonchev–Trinajstić information content (AvgIpc) is 2.51. The molecule has 1 aromatic carbocycles. The van der Waals surface area contributed by atoms with E-state index in [4.69, 9.17) is 33.4 Å². The minimum atomic E-state index is -2.55.